The van der Waals surface area contributed by atoms with Crippen LogP contribution < -0.4 is 5.32 Å². The topological polar surface area (TPSA) is 41.6 Å². The zero-order valence-corrected chi connectivity index (χ0v) is 14.4. The molecule has 1 aromatic rings. The van der Waals surface area contributed by atoms with E-state index in [4.69, 9.17) is 4.74 Å². The van der Waals surface area contributed by atoms with Crippen molar-refractivity contribution >= 4 is 23.4 Å². The summed E-state index contributed by atoms with van der Waals surface area (Å²) in [6.45, 7) is 4.49. The fraction of sp³-hybridized carbons (Fsp3) is 0.500. The lowest BCUT2D eigenvalue weighted by Gasteiger charge is -2.27. The molecule has 1 amide bonds. The van der Waals surface area contributed by atoms with Gasteiger partial charge in [-0.1, -0.05) is 6.07 Å². The van der Waals surface area contributed by atoms with Gasteiger partial charge in [-0.25, -0.2) is 0 Å². The summed E-state index contributed by atoms with van der Waals surface area (Å²) in [5.41, 5.74) is 2.87. The first-order chi connectivity index (χ1) is 11.3. The van der Waals surface area contributed by atoms with E-state index in [0.29, 0.717) is 0 Å². The Kier molecular flexibility index (Phi) is 5.49. The lowest BCUT2D eigenvalue weighted by atomic mass is 10.0. The monoisotopic (exact) mass is 332 g/mol. The minimum Gasteiger partial charge on any atom is -0.497 e. The van der Waals surface area contributed by atoms with Crippen LogP contribution in [-0.2, 0) is 4.74 Å². The number of nitrogens with zero attached hydrogens (tertiary/aromatic N) is 1. The Morgan fingerprint density at radius 1 is 1.39 bits per heavy atom. The molecule has 0 bridgehead atoms. The van der Waals surface area contributed by atoms with E-state index >= 15 is 0 Å². The van der Waals surface area contributed by atoms with Crippen molar-refractivity contribution in [1.29, 1.82) is 0 Å². The van der Waals surface area contributed by atoms with Crippen LogP contribution in [0.15, 0.2) is 30.5 Å². The van der Waals surface area contributed by atoms with Crippen LogP contribution in [0, 0.1) is 6.92 Å². The zero-order chi connectivity index (χ0) is 16.1. The van der Waals surface area contributed by atoms with E-state index in [0.717, 1.165) is 60.8 Å². The number of benzene rings is 1. The molecule has 0 saturated carbocycles. The average Bonchev–Trinajstić information content (AvgIpc) is 2.62. The molecular formula is C18H24N2O2S. The Labute approximate surface area is 142 Å². The van der Waals surface area contributed by atoms with E-state index < -0.39 is 0 Å². The van der Waals surface area contributed by atoms with Crippen LogP contribution in [-0.4, -0.2) is 48.1 Å². The maximum atomic E-state index is 12.7. The second-order valence-corrected chi connectivity index (χ2v) is 7.20. The Morgan fingerprint density at radius 3 is 2.96 bits per heavy atom. The van der Waals surface area contributed by atoms with Crippen molar-refractivity contribution in [3.05, 3.63) is 41.7 Å². The first kappa shape index (κ1) is 16.2. The predicted octanol–water partition coefficient (Wildman–Crippen LogP) is 3.29. The molecule has 23 heavy (non-hydrogen) atoms. The van der Waals surface area contributed by atoms with Gasteiger partial charge >= 0.3 is 0 Å². The van der Waals surface area contributed by atoms with Crippen LogP contribution in [0.3, 0.4) is 0 Å². The number of hydrogen-bond acceptors (Lipinski definition) is 4. The van der Waals surface area contributed by atoms with Crippen molar-refractivity contribution < 1.29 is 9.53 Å². The van der Waals surface area contributed by atoms with E-state index in [9.17, 15) is 4.79 Å². The van der Waals surface area contributed by atoms with Gasteiger partial charge in [0.05, 0.1) is 12.8 Å². The number of nitrogens with one attached hydrogen (secondary N) is 1. The SMILES string of the molecule is Cc1c(NCC2CCC=CO2)cccc1C(=O)N1CCSCC1. The molecule has 0 aromatic heterocycles. The Balaban J connectivity index is 1.67. The lowest BCUT2D eigenvalue weighted by Crippen LogP contribution is -2.38. The van der Waals surface area contributed by atoms with Crippen LogP contribution in [0.2, 0.25) is 0 Å². The summed E-state index contributed by atoms with van der Waals surface area (Å²) in [4.78, 5) is 14.7. The molecule has 0 radical (unpaired) electrons. The molecule has 1 atom stereocenters. The van der Waals surface area contributed by atoms with Crippen LogP contribution in [0.4, 0.5) is 5.69 Å². The van der Waals surface area contributed by atoms with Crippen molar-refractivity contribution in [2.24, 2.45) is 0 Å². The van der Waals surface area contributed by atoms with Gasteiger partial charge in [0, 0.05) is 35.8 Å². The molecule has 1 unspecified atom stereocenters. The largest absolute Gasteiger partial charge is 0.497 e. The summed E-state index contributed by atoms with van der Waals surface area (Å²) in [5, 5.41) is 3.45. The van der Waals surface area contributed by atoms with Crippen LogP contribution in [0.1, 0.15) is 28.8 Å². The minimum absolute atomic E-state index is 0.156. The molecule has 1 saturated heterocycles. The predicted molar refractivity (Wildman–Crippen MR) is 96.1 cm³/mol. The molecule has 1 fully saturated rings. The maximum Gasteiger partial charge on any atom is 0.254 e. The summed E-state index contributed by atoms with van der Waals surface area (Å²) in [6, 6.07) is 5.93. The first-order valence-corrected chi connectivity index (χ1v) is 9.42. The van der Waals surface area contributed by atoms with Gasteiger partial charge in [-0.2, -0.15) is 11.8 Å². The highest BCUT2D eigenvalue weighted by atomic mass is 32.2. The second kappa shape index (κ2) is 7.77. The highest BCUT2D eigenvalue weighted by Gasteiger charge is 2.21. The number of rotatable bonds is 4. The summed E-state index contributed by atoms with van der Waals surface area (Å²) >= 11 is 1.92. The van der Waals surface area contributed by atoms with Crippen LogP contribution in [0.5, 0.6) is 0 Å². The van der Waals surface area contributed by atoms with Gasteiger partial charge < -0.3 is 15.0 Å². The molecular weight excluding hydrogens is 308 g/mol. The van der Waals surface area contributed by atoms with E-state index in [-0.39, 0.29) is 12.0 Å². The number of anilines is 1. The normalized spacial score (nSPS) is 20.9. The van der Waals surface area contributed by atoms with Gasteiger partial charge in [-0.15, -0.1) is 0 Å². The summed E-state index contributed by atoms with van der Waals surface area (Å²) in [6.07, 6.45) is 6.15. The van der Waals surface area contributed by atoms with Gasteiger partial charge in [0.2, 0.25) is 0 Å². The van der Waals surface area contributed by atoms with Crippen LogP contribution >= 0.6 is 11.8 Å². The van der Waals surface area contributed by atoms with Gasteiger partial charge in [-0.05, 0) is 43.5 Å². The lowest BCUT2D eigenvalue weighted by molar-refractivity contribution is 0.0771. The van der Waals surface area contributed by atoms with Crippen molar-refractivity contribution in [1.82, 2.24) is 4.90 Å². The molecule has 0 spiro atoms. The van der Waals surface area contributed by atoms with Gasteiger partial charge in [0.15, 0.2) is 0 Å². The molecule has 3 rings (SSSR count). The number of hydrogen-bond donors (Lipinski definition) is 1. The van der Waals surface area contributed by atoms with Crippen molar-refractivity contribution in [2.45, 2.75) is 25.9 Å². The molecule has 1 N–H and O–H groups in total. The number of carbonyl (C=O) groups excluding carboxylic acids is 1. The number of allylic oxidation sites excluding steroid dienone is 1. The molecule has 2 heterocycles. The fourth-order valence-corrected chi connectivity index (χ4v) is 3.86. The number of thioether (sulfide) groups is 1. The zero-order valence-electron chi connectivity index (χ0n) is 13.6. The molecule has 0 aliphatic carbocycles. The number of ether oxygens (including phenoxy) is 1. The highest BCUT2D eigenvalue weighted by Crippen LogP contribution is 2.22. The summed E-state index contributed by atoms with van der Waals surface area (Å²) in [5.74, 6) is 2.23. The molecule has 2 aliphatic rings. The Hall–Kier alpha value is -1.62. The third-order valence-electron chi connectivity index (χ3n) is 4.41. The second-order valence-electron chi connectivity index (χ2n) is 5.97. The molecule has 4 nitrogen and oxygen atoms in total. The maximum absolute atomic E-state index is 12.7. The Bertz CT molecular complexity index is 582. The van der Waals surface area contributed by atoms with E-state index in [1.165, 1.54) is 0 Å². The average molecular weight is 332 g/mol. The van der Waals surface area contributed by atoms with Crippen molar-refractivity contribution in [2.75, 3.05) is 36.5 Å². The summed E-state index contributed by atoms with van der Waals surface area (Å²) in [7, 11) is 0. The third kappa shape index (κ3) is 4.02. The fourth-order valence-electron chi connectivity index (χ4n) is 2.95. The highest BCUT2D eigenvalue weighted by molar-refractivity contribution is 7.99. The van der Waals surface area contributed by atoms with Crippen molar-refractivity contribution in [3.8, 4) is 0 Å². The molecule has 124 valence electrons. The molecule has 1 aromatic carbocycles. The van der Waals surface area contributed by atoms with E-state index in [1.807, 2.05) is 41.8 Å². The third-order valence-corrected chi connectivity index (χ3v) is 5.35. The van der Waals surface area contributed by atoms with Crippen LogP contribution in [0.25, 0.3) is 0 Å². The minimum atomic E-state index is 0.156. The molecule has 2 aliphatic heterocycles. The van der Waals surface area contributed by atoms with E-state index in [1.54, 1.807) is 6.26 Å². The smallest absolute Gasteiger partial charge is 0.254 e. The quantitative estimate of drug-likeness (QED) is 0.919. The number of amides is 1. The Morgan fingerprint density at radius 2 is 2.22 bits per heavy atom. The standard InChI is InChI=1S/C18H24N2O2S/c1-14-16(18(21)20-8-11-23-12-9-20)6-4-7-17(14)19-13-15-5-2-3-10-22-15/h3-4,6-7,10,15,19H,2,5,8-9,11-13H2,1H3. The van der Waals surface area contributed by atoms with Gasteiger partial charge in [0.1, 0.15) is 6.10 Å². The molecule has 5 heteroatoms. The number of carbonyl (C=O) groups is 1. The van der Waals surface area contributed by atoms with Crippen molar-refractivity contribution in [3.63, 3.8) is 0 Å². The van der Waals surface area contributed by atoms with Gasteiger partial charge in [-0.3, -0.25) is 4.79 Å². The van der Waals surface area contributed by atoms with E-state index in [2.05, 4.69) is 11.4 Å². The summed E-state index contributed by atoms with van der Waals surface area (Å²) < 4.78 is 5.59. The first-order valence-electron chi connectivity index (χ1n) is 8.26. The van der Waals surface area contributed by atoms with Gasteiger partial charge in [0.25, 0.3) is 5.91 Å².